The van der Waals surface area contributed by atoms with Crippen LogP contribution in [0.4, 0.5) is 5.82 Å². The standard InChI is InChI=1S/C17H17N3/c1-13-9-14(11-18)10-17(19-13)20-8-4-7-15-5-2-3-6-16(15)12-20/h2-3,5-6,9-10H,4,7-8,12H2,1H3. The topological polar surface area (TPSA) is 39.9 Å². The van der Waals surface area contributed by atoms with Crippen LogP contribution in [-0.2, 0) is 13.0 Å². The molecule has 2 aromatic rings. The van der Waals surface area contributed by atoms with E-state index in [9.17, 15) is 0 Å². The number of anilines is 1. The third-order valence-corrected chi connectivity index (χ3v) is 3.75. The van der Waals surface area contributed by atoms with Gasteiger partial charge in [-0.2, -0.15) is 5.26 Å². The molecule has 1 aromatic carbocycles. The van der Waals surface area contributed by atoms with E-state index in [0.717, 1.165) is 37.4 Å². The van der Waals surface area contributed by atoms with Gasteiger partial charge in [0, 0.05) is 18.8 Å². The maximum atomic E-state index is 9.10. The molecule has 0 amide bonds. The maximum absolute atomic E-state index is 9.10. The van der Waals surface area contributed by atoms with Crippen molar-refractivity contribution in [2.24, 2.45) is 0 Å². The van der Waals surface area contributed by atoms with Gasteiger partial charge in [0.15, 0.2) is 0 Å². The lowest BCUT2D eigenvalue weighted by Gasteiger charge is -2.22. The number of rotatable bonds is 1. The number of fused-ring (bicyclic) bond motifs is 1. The predicted molar refractivity (Wildman–Crippen MR) is 79.5 cm³/mol. The molecule has 2 heterocycles. The summed E-state index contributed by atoms with van der Waals surface area (Å²) in [6.07, 6.45) is 2.23. The number of nitriles is 1. The highest BCUT2D eigenvalue weighted by Gasteiger charge is 2.16. The number of benzene rings is 1. The lowest BCUT2D eigenvalue weighted by molar-refractivity contribution is 0.753. The summed E-state index contributed by atoms with van der Waals surface area (Å²) in [4.78, 5) is 6.87. The molecule has 0 spiro atoms. The first-order chi connectivity index (χ1) is 9.76. The van der Waals surface area contributed by atoms with Crippen molar-refractivity contribution in [3.05, 3.63) is 58.8 Å². The molecule has 0 fully saturated rings. The Labute approximate surface area is 119 Å². The summed E-state index contributed by atoms with van der Waals surface area (Å²) < 4.78 is 0. The zero-order chi connectivity index (χ0) is 13.9. The summed E-state index contributed by atoms with van der Waals surface area (Å²) in [5.74, 6) is 0.915. The summed E-state index contributed by atoms with van der Waals surface area (Å²) in [6.45, 7) is 3.80. The van der Waals surface area contributed by atoms with Gasteiger partial charge < -0.3 is 4.90 Å². The van der Waals surface area contributed by atoms with Crippen molar-refractivity contribution >= 4 is 5.82 Å². The molecule has 0 aliphatic carbocycles. The van der Waals surface area contributed by atoms with E-state index in [1.807, 2.05) is 19.1 Å². The van der Waals surface area contributed by atoms with Crippen LogP contribution in [0.5, 0.6) is 0 Å². The number of aromatic nitrogens is 1. The third kappa shape index (κ3) is 2.50. The Bertz CT molecular complexity index is 670. The second-order valence-electron chi connectivity index (χ2n) is 5.26. The molecule has 0 radical (unpaired) electrons. The Hall–Kier alpha value is -2.34. The molecule has 1 aliphatic heterocycles. The fourth-order valence-electron chi connectivity index (χ4n) is 2.77. The monoisotopic (exact) mass is 263 g/mol. The van der Waals surface area contributed by atoms with Gasteiger partial charge in [0.05, 0.1) is 11.6 Å². The predicted octanol–water partition coefficient (Wildman–Crippen LogP) is 3.21. The molecule has 100 valence electrons. The van der Waals surface area contributed by atoms with E-state index in [0.29, 0.717) is 5.56 Å². The molecule has 0 N–H and O–H groups in total. The number of aryl methyl sites for hydroxylation is 2. The minimum atomic E-state index is 0.685. The first kappa shape index (κ1) is 12.7. The van der Waals surface area contributed by atoms with E-state index in [1.165, 1.54) is 11.1 Å². The smallest absolute Gasteiger partial charge is 0.130 e. The van der Waals surface area contributed by atoms with Gasteiger partial charge in [-0.05, 0) is 43.0 Å². The lowest BCUT2D eigenvalue weighted by Crippen LogP contribution is -2.23. The highest BCUT2D eigenvalue weighted by atomic mass is 15.2. The summed E-state index contributed by atoms with van der Waals surface area (Å²) in [5.41, 5.74) is 4.39. The van der Waals surface area contributed by atoms with Gasteiger partial charge in [-0.1, -0.05) is 24.3 Å². The number of hydrogen-bond donors (Lipinski definition) is 0. The molecule has 3 rings (SSSR count). The molecule has 0 unspecified atom stereocenters. The molecular formula is C17H17N3. The fourth-order valence-corrected chi connectivity index (χ4v) is 2.77. The van der Waals surface area contributed by atoms with Crippen molar-refractivity contribution in [1.82, 2.24) is 4.98 Å². The number of hydrogen-bond acceptors (Lipinski definition) is 3. The van der Waals surface area contributed by atoms with E-state index >= 15 is 0 Å². The van der Waals surface area contributed by atoms with Crippen LogP contribution >= 0.6 is 0 Å². The normalized spacial score (nSPS) is 14.3. The van der Waals surface area contributed by atoms with E-state index < -0.39 is 0 Å². The second-order valence-corrected chi connectivity index (χ2v) is 5.26. The van der Waals surface area contributed by atoms with Crippen molar-refractivity contribution in [1.29, 1.82) is 5.26 Å². The summed E-state index contributed by atoms with van der Waals surface area (Å²) >= 11 is 0. The van der Waals surface area contributed by atoms with Gasteiger partial charge in [0.25, 0.3) is 0 Å². The largest absolute Gasteiger partial charge is 0.352 e. The Kier molecular flexibility index (Phi) is 3.39. The SMILES string of the molecule is Cc1cc(C#N)cc(N2CCCc3ccccc3C2)n1. The molecule has 3 nitrogen and oxygen atoms in total. The number of pyridine rings is 1. The van der Waals surface area contributed by atoms with Crippen molar-refractivity contribution in [2.75, 3.05) is 11.4 Å². The van der Waals surface area contributed by atoms with Gasteiger partial charge in [-0.15, -0.1) is 0 Å². The van der Waals surface area contributed by atoms with Gasteiger partial charge in [-0.3, -0.25) is 0 Å². The van der Waals surface area contributed by atoms with Crippen LogP contribution in [-0.4, -0.2) is 11.5 Å². The van der Waals surface area contributed by atoms with Crippen LogP contribution in [0, 0.1) is 18.3 Å². The first-order valence-electron chi connectivity index (χ1n) is 6.97. The van der Waals surface area contributed by atoms with Crippen LogP contribution < -0.4 is 4.90 Å². The molecule has 1 aliphatic rings. The highest BCUT2D eigenvalue weighted by Crippen LogP contribution is 2.23. The molecule has 0 atom stereocenters. The fraction of sp³-hybridized carbons (Fsp3) is 0.294. The highest BCUT2D eigenvalue weighted by molar-refractivity contribution is 5.48. The average molecular weight is 263 g/mol. The molecular weight excluding hydrogens is 246 g/mol. The zero-order valence-electron chi connectivity index (χ0n) is 11.6. The van der Waals surface area contributed by atoms with E-state index in [4.69, 9.17) is 5.26 Å². The molecule has 0 saturated carbocycles. The van der Waals surface area contributed by atoms with Gasteiger partial charge in [0.2, 0.25) is 0 Å². The average Bonchev–Trinajstić information content (AvgIpc) is 2.68. The Morgan fingerprint density at radius 2 is 2.00 bits per heavy atom. The minimum Gasteiger partial charge on any atom is -0.352 e. The van der Waals surface area contributed by atoms with Gasteiger partial charge in [-0.25, -0.2) is 4.98 Å². The summed E-state index contributed by atoms with van der Waals surface area (Å²) in [6, 6.07) is 14.5. The molecule has 1 aromatic heterocycles. The molecule has 0 saturated heterocycles. The van der Waals surface area contributed by atoms with Crippen LogP contribution in [0.2, 0.25) is 0 Å². The Morgan fingerprint density at radius 3 is 2.80 bits per heavy atom. The second kappa shape index (κ2) is 5.34. The van der Waals surface area contributed by atoms with Gasteiger partial charge in [0.1, 0.15) is 5.82 Å². The third-order valence-electron chi connectivity index (χ3n) is 3.75. The Balaban J connectivity index is 1.95. The summed E-state index contributed by atoms with van der Waals surface area (Å²) in [7, 11) is 0. The van der Waals surface area contributed by atoms with Crippen LogP contribution in [0.1, 0.15) is 28.8 Å². The van der Waals surface area contributed by atoms with E-state index in [-0.39, 0.29) is 0 Å². The summed E-state index contributed by atoms with van der Waals surface area (Å²) in [5, 5.41) is 9.10. The molecule has 20 heavy (non-hydrogen) atoms. The maximum Gasteiger partial charge on any atom is 0.130 e. The Morgan fingerprint density at radius 1 is 1.20 bits per heavy atom. The zero-order valence-corrected chi connectivity index (χ0v) is 11.6. The quantitative estimate of drug-likeness (QED) is 0.793. The van der Waals surface area contributed by atoms with Crippen molar-refractivity contribution < 1.29 is 0 Å². The van der Waals surface area contributed by atoms with Crippen molar-refractivity contribution in [3.8, 4) is 6.07 Å². The van der Waals surface area contributed by atoms with E-state index in [1.54, 1.807) is 0 Å². The number of nitrogens with zero attached hydrogens (tertiary/aromatic N) is 3. The minimum absolute atomic E-state index is 0.685. The van der Waals surface area contributed by atoms with Crippen molar-refractivity contribution in [3.63, 3.8) is 0 Å². The van der Waals surface area contributed by atoms with E-state index in [2.05, 4.69) is 40.2 Å². The van der Waals surface area contributed by atoms with Crippen LogP contribution in [0.3, 0.4) is 0 Å². The van der Waals surface area contributed by atoms with Crippen LogP contribution in [0.15, 0.2) is 36.4 Å². The molecule has 0 bridgehead atoms. The molecule has 3 heteroatoms. The van der Waals surface area contributed by atoms with Gasteiger partial charge >= 0.3 is 0 Å². The first-order valence-corrected chi connectivity index (χ1v) is 6.97. The van der Waals surface area contributed by atoms with Crippen LogP contribution in [0.25, 0.3) is 0 Å². The van der Waals surface area contributed by atoms with Crippen molar-refractivity contribution in [2.45, 2.75) is 26.3 Å². The lowest BCUT2D eigenvalue weighted by atomic mass is 10.0.